The molecule has 3 nitrogen and oxygen atoms in total. The first kappa shape index (κ1) is 12.5. The Morgan fingerprint density at radius 3 is 2.75 bits per heavy atom. The molecular formula is C12H15FO3. The highest BCUT2D eigenvalue weighted by Crippen LogP contribution is 2.19. The van der Waals surface area contributed by atoms with Crippen LogP contribution in [0.3, 0.4) is 0 Å². The van der Waals surface area contributed by atoms with Gasteiger partial charge >= 0.3 is 5.97 Å². The van der Waals surface area contributed by atoms with Gasteiger partial charge in [-0.05, 0) is 44.5 Å². The third kappa shape index (κ3) is 3.22. The molecule has 0 unspecified atom stereocenters. The van der Waals surface area contributed by atoms with Crippen molar-refractivity contribution in [2.24, 2.45) is 0 Å². The average molecular weight is 226 g/mol. The maximum absolute atomic E-state index is 12.8. The Morgan fingerprint density at radius 1 is 1.50 bits per heavy atom. The number of hydrogen-bond donors (Lipinski definition) is 0. The zero-order valence-corrected chi connectivity index (χ0v) is 9.62. The number of halogens is 1. The molecule has 1 aromatic rings. The van der Waals surface area contributed by atoms with Crippen molar-refractivity contribution < 1.29 is 18.7 Å². The predicted molar refractivity (Wildman–Crippen MR) is 57.9 cm³/mol. The van der Waals surface area contributed by atoms with Crippen LogP contribution in [0.1, 0.15) is 19.4 Å². The lowest BCUT2D eigenvalue weighted by molar-refractivity contribution is -0.150. The summed E-state index contributed by atoms with van der Waals surface area (Å²) >= 11 is 0. The topological polar surface area (TPSA) is 35.5 Å². The third-order valence-corrected chi connectivity index (χ3v) is 2.06. The second-order valence-electron chi connectivity index (χ2n) is 3.42. The molecule has 0 aliphatic carbocycles. The molecule has 0 amide bonds. The Bertz CT molecular complexity index is 377. The molecular weight excluding hydrogens is 211 g/mol. The number of hydrogen-bond acceptors (Lipinski definition) is 3. The number of benzene rings is 1. The summed E-state index contributed by atoms with van der Waals surface area (Å²) in [6, 6.07) is 4.15. The largest absolute Gasteiger partial charge is 0.479 e. The molecule has 0 bridgehead atoms. The van der Waals surface area contributed by atoms with E-state index in [-0.39, 0.29) is 5.82 Å². The Kier molecular flexibility index (Phi) is 4.28. The zero-order chi connectivity index (χ0) is 12.1. The van der Waals surface area contributed by atoms with E-state index < -0.39 is 12.1 Å². The highest BCUT2D eigenvalue weighted by atomic mass is 19.1. The van der Waals surface area contributed by atoms with Crippen LogP contribution in [0, 0.1) is 12.7 Å². The van der Waals surface area contributed by atoms with Crippen LogP contribution in [0.5, 0.6) is 5.75 Å². The number of rotatable bonds is 4. The fraction of sp³-hybridized carbons (Fsp3) is 0.417. The van der Waals surface area contributed by atoms with Crippen molar-refractivity contribution in [3.05, 3.63) is 29.6 Å². The van der Waals surface area contributed by atoms with Gasteiger partial charge in [-0.15, -0.1) is 0 Å². The van der Waals surface area contributed by atoms with Gasteiger partial charge in [-0.1, -0.05) is 0 Å². The van der Waals surface area contributed by atoms with Crippen LogP contribution in [-0.2, 0) is 9.53 Å². The molecule has 1 atom stereocenters. The number of ether oxygens (including phenoxy) is 2. The van der Waals surface area contributed by atoms with Crippen LogP contribution < -0.4 is 4.74 Å². The second kappa shape index (κ2) is 5.49. The second-order valence-corrected chi connectivity index (χ2v) is 3.42. The van der Waals surface area contributed by atoms with Crippen LogP contribution in [0.4, 0.5) is 4.39 Å². The quantitative estimate of drug-likeness (QED) is 0.740. The number of aryl methyl sites for hydroxylation is 1. The smallest absolute Gasteiger partial charge is 0.347 e. The highest BCUT2D eigenvalue weighted by molar-refractivity contribution is 5.74. The van der Waals surface area contributed by atoms with Gasteiger partial charge in [-0.2, -0.15) is 0 Å². The molecule has 88 valence electrons. The average Bonchev–Trinajstić information content (AvgIpc) is 2.22. The van der Waals surface area contributed by atoms with Gasteiger partial charge in [0.1, 0.15) is 11.6 Å². The minimum Gasteiger partial charge on any atom is -0.479 e. The molecule has 0 aromatic heterocycles. The van der Waals surface area contributed by atoms with Crippen molar-refractivity contribution in [1.29, 1.82) is 0 Å². The maximum Gasteiger partial charge on any atom is 0.347 e. The fourth-order valence-electron chi connectivity index (χ4n) is 1.24. The van der Waals surface area contributed by atoms with Gasteiger partial charge in [0, 0.05) is 0 Å². The molecule has 0 heterocycles. The maximum atomic E-state index is 12.8. The van der Waals surface area contributed by atoms with Gasteiger partial charge < -0.3 is 9.47 Å². The van der Waals surface area contributed by atoms with Gasteiger partial charge in [0.15, 0.2) is 6.10 Å². The third-order valence-electron chi connectivity index (χ3n) is 2.06. The molecule has 0 saturated heterocycles. The predicted octanol–water partition coefficient (Wildman–Crippen LogP) is 2.46. The summed E-state index contributed by atoms with van der Waals surface area (Å²) in [7, 11) is 0. The SMILES string of the molecule is CCOC(=O)[C@H](C)Oc1ccc(F)cc1C. The summed E-state index contributed by atoms with van der Waals surface area (Å²) in [5.41, 5.74) is 0.649. The standard InChI is InChI=1S/C12H15FO3/c1-4-15-12(14)9(3)16-11-6-5-10(13)7-8(11)2/h5-7,9H,4H2,1-3H3/t9-/m0/s1. The van der Waals surface area contributed by atoms with Crippen LogP contribution in [0.25, 0.3) is 0 Å². The fourth-order valence-corrected chi connectivity index (χ4v) is 1.24. The molecule has 0 fully saturated rings. The Hall–Kier alpha value is -1.58. The number of carbonyl (C=O) groups excluding carboxylic acids is 1. The van der Waals surface area contributed by atoms with Crippen molar-refractivity contribution in [1.82, 2.24) is 0 Å². The first-order valence-corrected chi connectivity index (χ1v) is 5.14. The van der Waals surface area contributed by atoms with Crippen molar-refractivity contribution in [2.45, 2.75) is 26.9 Å². The lowest BCUT2D eigenvalue weighted by Crippen LogP contribution is -2.26. The monoisotopic (exact) mass is 226 g/mol. The summed E-state index contributed by atoms with van der Waals surface area (Å²) in [5.74, 6) is -0.262. The summed E-state index contributed by atoms with van der Waals surface area (Å²) in [5, 5.41) is 0. The number of esters is 1. The van der Waals surface area contributed by atoms with E-state index in [1.807, 2.05) is 0 Å². The molecule has 0 aliphatic heterocycles. The van der Waals surface area contributed by atoms with Gasteiger partial charge in [-0.3, -0.25) is 0 Å². The normalized spacial score (nSPS) is 12.0. The Balaban J connectivity index is 2.69. The molecule has 0 radical (unpaired) electrons. The van der Waals surface area contributed by atoms with Crippen molar-refractivity contribution in [3.8, 4) is 5.75 Å². The van der Waals surface area contributed by atoms with Crippen molar-refractivity contribution >= 4 is 5.97 Å². The lowest BCUT2D eigenvalue weighted by Gasteiger charge is -2.14. The van der Waals surface area contributed by atoms with E-state index in [9.17, 15) is 9.18 Å². The highest BCUT2D eigenvalue weighted by Gasteiger charge is 2.16. The van der Waals surface area contributed by atoms with E-state index in [2.05, 4.69) is 0 Å². The first-order valence-electron chi connectivity index (χ1n) is 5.14. The van der Waals surface area contributed by atoms with E-state index in [0.29, 0.717) is 17.9 Å². The van der Waals surface area contributed by atoms with Gasteiger partial charge in [0.05, 0.1) is 6.61 Å². The molecule has 16 heavy (non-hydrogen) atoms. The first-order chi connectivity index (χ1) is 7.54. The van der Waals surface area contributed by atoms with E-state index in [1.54, 1.807) is 20.8 Å². The van der Waals surface area contributed by atoms with E-state index >= 15 is 0 Å². The van der Waals surface area contributed by atoms with E-state index in [4.69, 9.17) is 9.47 Å². The number of carbonyl (C=O) groups is 1. The van der Waals surface area contributed by atoms with Gasteiger partial charge in [0.25, 0.3) is 0 Å². The van der Waals surface area contributed by atoms with Crippen LogP contribution in [-0.4, -0.2) is 18.7 Å². The molecule has 0 spiro atoms. The minimum absolute atomic E-state index is 0.314. The van der Waals surface area contributed by atoms with Gasteiger partial charge in [-0.25, -0.2) is 9.18 Å². The molecule has 1 rings (SSSR count). The summed E-state index contributed by atoms with van der Waals surface area (Å²) in [4.78, 5) is 11.3. The van der Waals surface area contributed by atoms with Crippen LogP contribution in [0.2, 0.25) is 0 Å². The summed E-state index contributed by atoms with van der Waals surface area (Å²) in [6.45, 7) is 5.36. The van der Waals surface area contributed by atoms with E-state index in [0.717, 1.165) is 0 Å². The summed E-state index contributed by atoms with van der Waals surface area (Å²) < 4.78 is 23.0. The van der Waals surface area contributed by atoms with Crippen molar-refractivity contribution in [2.75, 3.05) is 6.61 Å². The zero-order valence-electron chi connectivity index (χ0n) is 9.62. The van der Waals surface area contributed by atoms with Crippen LogP contribution in [0.15, 0.2) is 18.2 Å². The van der Waals surface area contributed by atoms with Crippen LogP contribution >= 0.6 is 0 Å². The van der Waals surface area contributed by atoms with E-state index in [1.165, 1.54) is 18.2 Å². The summed E-state index contributed by atoms with van der Waals surface area (Å²) in [6.07, 6.45) is -0.691. The molecule has 4 heteroatoms. The molecule has 0 N–H and O–H groups in total. The molecule has 0 saturated carbocycles. The Morgan fingerprint density at radius 2 is 2.19 bits per heavy atom. The minimum atomic E-state index is -0.691. The Labute approximate surface area is 94.2 Å². The molecule has 1 aromatic carbocycles. The van der Waals surface area contributed by atoms with Crippen molar-refractivity contribution in [3.63, 3.8) is 0 Å². The lowest BCUT2D eigenvalue weighted by atomic mass is 10.2. The van der Waals surface area contributed by atoms with Gasteiger partial charge in [0.2, 0.25) is 0 Å². The molecule has 0 aliphatic rings.